The van der Waals surface area contributed by atoms with E-state index in [2.05, 4.69) is 29.2 Å². The van der Waals surface area contributed by atoms with Gasteiger partial charge >= 0.3 is 0 Å². The Morgan fingerprint density at radius 1 is 1.21 bits per heavy atom. The fourth-order valence-electron chi connectivity index (χ4n) is 2.20. The molecule has 1 N–H and O–H groups in total. The van der Waals surface area contributed by atoms with Gasteiger partial charge in [0.25, 0.3) is 0 Å². The van der Waals surface area contributed by atoms with Gasteiger partial charge in [-0.3, -0.25) is 4.90 Å². The summed E-state index contributed by atoms with van der Waals surface area (Å²) in [4.78, 5) is 4.48. The van der Waals surface area contributed by atoms with Crippen LogP contribution < -0.4 is 5.32 Å². The molecule has 6 nitrogen and oxygen atoms in total. The van der Waals surface area contributed by atoms with Crippen LogP contribution >= 0.6 is 0 Å². The zero-order valence-corrected chi connectivity index (χ0v) is 13.4. The Balaban J connectivity index is 2.44. The lowest BCUT2D eigenvalue weighted by Crippen LogP contribution is -2.52. The van der Waals surface area contributed by atoms with Gasteiger partial charge < -0.3 is 10.2 Å². The Bertz CT molecular complexity index is 351. The molecule has 0 aliphatic carbocycles. The monoisotopic (exact) mass is 292 g/mol. The van der Waals surface area contributed by atoms with Crippen molar-refractivity contribution < 1.29 is 8.42 Å². The first-order chi connectivity index (χ1) is 8.87. The minimum Gasteiger partial charge on any atom is -0.318 e. The topological polar surface area (TPSA) is 55.9 Å². The van der Waals surface area contributed by atoms with Crippen LogP contribution in [0.5, 0.6) is 0 Å². The highest BCUT2D eigenvalue weighted by atomic mass is 32.2. The number of hydrogen-bond acceptors (Lipinski definition) is 5. The maximum atomic E-state index is 12.3. The molecule has 1 rings (SSSR count). The molecule has 1 fully saturated rings. The summed E-state index contributed by atoms with van der Waals surface area (Å²) in [5.74, 6) is 0. The van der Waals surface area contributed by atoms with Crippen molar-refractivity contribution in [3.8, 4) is 0 Å². The fourth-order valence-corrected chi connectivity index (χ4v) is 3.75. The Kier molecular flexibility index (Phi) is 6.68. The van der Waals surface area contributed by atoms with E-state index in [-0.39, 0.29) is 5.25 Å². The third-order valence-corrected chi connectivity index (χ3v) is 5.82. The van der Waals surface area contributed by atoms with Crippen LogP contribution in [-0.2, 0) is 10.0 Å². The summed E-state index contributed by atoms with van der Waals surface area (Å²) in [7, 11) is 2.75. The molecule has 19 heavy (non-hydrogen) atoms. The molecule has 0 saturated carbocycles. The summed E-state index contributed by atoms with van der Waals surface area (Å²) >= 11 is 0. The Morgan fingerprint density at radius 3 is 2.26 bits per heavy atom. The highest BCUT2D eigenvalue weighted by Crippen LogP contribution is 2.12. The first-order valence-electron chi connectivity index (χ1n) is 6.88. The van der Waals surface area contributed by atoms with Crippen LogP contribution in [0.3, 0.4) is 0 Å². The molecule has 0 aromatic carbocycles. The zero-order valence-electron chi connectivity index (χ0n) is 12.6. The number of piperazine rings is 1. The van der Waals surface area contributed by atoms with Crippen molar-refractivity contribution in [1.29, 1.82) is 0 Å². The quantitative estimate of drug-likeness (QED) is 0.659. The van der Waals surface area contributed by atoms with Gasteiger partial charge in [-0.25, -0.2) is 8.42 Å². The molecule has 0 spiro atoms. The molecule has 0 aromatic heterocycles. The summed E-state index contributed by atoms with van der Waals surface area (Å²) < 4.78 is 26.3. The summed E-state index contributed by atoms with van der Waals surface area (Å²) in [6, 6.07) is 0. The maximum Gasteiger partial charge on any atom is 0.218 e. The van der Waals surface area contributed by atoms with Crippen LogP contribution in [0.4, 0.5) is 0 Å². The number of nitrogens with zero attached hydrogens (tertiary/aromatic N) is 3. The van der Waals surface area contributed by atoms with E-state index < -0.39 is 10.0 Å². The fraction of sp³-hybridized carbons (Fsp3) is 1.00. The molecule has 0 aromatic rings. The van der Waals surface area contributed by atoms with E-state index in [4.69, 9.17) is 0 Å². The summed E-state index contributed by atoms with van der Waals surface area (Å²) in [5.41, 5.74) is 0. The van der Waals surface area contributed by atoms with Gasteiger partial charge in [-0.1, -0.05) is 0 Å². The second-order valence-corrected chi connectivity index (χ2v) is 7.81. The predicted octanol–water partition coefficient (Wildman–Crippen LogP) is -0.897. The zero-order chi connectivity index (χ0) is 14.5. The molecule has 1 unspecified atom stereocenters. The third kappa shape index (κ3) is 5.00. The minimum atomic E-state index is -3.15. The number of rotatable bonds is 7. The van der Waals surface area contributed by atoms with E-state index in [1.54, 1.807) is 18.3 Å². The Hall–Kier alpha value is -0.210. The van der Waals surface area contributed by atoms with Crippen LogP contribution in [0.2, 0.25) is 0 Å². The molecule has 1 aliphatic heterocycles. The first-order valence-corrected chi connectivity index (χ1v) is 8.39. The van der Waals surface area contributed by atoms with Crippen molar-refractivity contribution >= 4 is 10.0 Å². The van der Waals surface area contributed by atoms with Crippen LogP contribution in [0.15, 0.2) is 0 Å². The van der Waals surface area contributed by atoms with Crippen molar-refractivity contribution in [2.45, 2.75) is 12.2 Å². The van der Waals surface area contributed by atoms with Crippen molar-refractivity contribution in [2.75, 3.05) is 67.0 Å². The SMILES string of the molecule is CNCC(C)S(=O)(=O)N1CCN(CCN(C)C)CC1. The second kappa shape index (κ2) is 7.54. The van der Waals surface area contributed by atoms with E-state index in [1.165, 1.54) is 0 Å². The standard InChI is InChI=1S/C12H28N4O2S/c1-12(11-13-2)19(17,18)16-9-7-15(8-10-16)6-5-14(3)4/h12-13H,5-11H2,1-4H3. The lowest BCUT2D eigenvalue weighted by molar-refractivity contribution is 0.174. The van der Waals surface area contributed by atoms with Gasteiger partial charge in [-0.15, -0.1) is 0 Å². The molecule has 0 bridgehead atoms. The average molecular weight is 292 g/mol. The van der Waals surface area contributed by atoms with Gasteiger partial charge in [0, 0.05) is 45.8 Å². The van der Waals surface area contributed by atoms with E-state index in [0.717, 1.165) is 26.2 Å². The molecule has 1 aliphatic rings. The lowest BCUT2D eigenvalue weighted by atomic mass is 10.3. The lowest BCUT2D eigenvalue weighted by Gasteiger charge is -2.35. The van der Waals surface area contributed by atoms with E-state index in [0.29, 0.717) is 19.6 Å². The molecule has 0 amide bonds. The van der Waals surface area contributed by atoms with Gasteiger partial charge in [-0.05, 0) is 28.1 Å². The van der Waals surface area contributed by atoms with Crippen LogP contribution in [0, 0.1) is 0 Å². The van der Waals surface area contributed by atoms with Gasteiger partial charge in [0.05, 0.1) is 5.25 Å². The normalized spacial score (nSPS) is 20.9. The third-order valence-electron chi connectivity index (χ3n) is 3.55. The molecule has 114 valence electrons. The van der Waals surface area contributed by atoms with Crippen molar-refractivity contribution in [2.24, 2.45) is 0 Å². The van der Waals surface area contributed by atoms with Crippen LogP contribution in [-0.4, -0.2) is 94.7 Å². The van der Waals surface area contributed by atoms with Crippen LogP contribution in [0.25, 0.3) is 0 Å². The van der Waals surface area contributed by atoms with E-state index in [1.807, 2.05) is 0 Å². The largest absolute Gasteiger partial charge is 0.318 e. The van der Waals surface area contributed by atoms with Gasteiger partial charge in [0.1, 0.15) is 0 Å². The van der Waals surface area contributed by atoms with E-state index in [9.17, 15) is 8.42 Å². The molecule has 7 heteroatoms. The molecular weight excluding hydrogens is 264 g/mol. The minimum absolute atomic E-state index is 0.356. The molecule has 1 saturated heterocycles. The average Bonchev–Trinajstić information content (AvgIpc) is 2.37. The van der Waals surface area contributed by atoms with Gasteiger partial charge in [-0.2, -0.15) is 4.31 Å². The number of likely N-dealkylation sites (N-methyl/N-ethyl adjacent to an activating group) is 1. The number of nitrogens with one attached hydrogen (secondary N) is 1. The van der Waals surface area contributed by atoms with E-state index >= 15 is 0 Å². The summed E-state index contributed by atoms with van der Waals surface area (Å²) in [5, 5.41) is 2.58. The first kappa shape index (κ1) is 16.8. The molecular formula is C12H28N4O2S. The van der Waals surface area contributed by atoms with Crippen molar-refractivity contribution in [3.63, 3.8) is 0 Å². The van der Waals surface area contributed by atoms with Gasteiger partial charge in [0.2, 0.25) is 10.0 Å². The molecule has 0 radical (unpaired) electrons. The number of hydrogen-bond donors (Lipinski definition) is 1. The molecule has 1 heterocycles. The highest BCUT2D eigenvalue weighted by molar-refractivity contribution is 7.89. The Labute approximate surface area is 117 Å². The van der Waals surface area contributed by atoms with Crippen molar-refractivity contribution in [1.82, 2.24) is 19.4 Å². The summed E-state index contributed by atoms with van der Waals surface area (Å²) in [6.07, 6.45) is 0. The van der Waals surface area contributed by atoms with Gasteiger partial charge in [0.15, 0.2) is 0 Å². The maximum absolute atomic E-state index is 12.3. The smallest absolute Gasteiger partial charge is 0.218 e. The molecule has 1 atom stereocenters. The summed E-state index contributed by atoms with van der Waals surface area (Å²) in [6.45, 7) is 7.19. The second-order valence-electron chi connectivity index (χ2n) is 5.46. The van der Waals surface area contributed by atoms with Crippen molar-refractivity contribution in [3.05, 3.63) is 0 Å². The predicted molar refractivity (Wildman–Crippen MR) is 78.9 cm³/mol. The van der Waals surface area contributed by atoms with Crippen LogP contribution in [0.1, 0.15) is 6.92 Å². The number of sulfonamides is 1. The Morgan fingerprint density at radius 2 is 1.79 bits per heavy atom. The highest BCUT2D eigenvalue weighted by Gasteiger charge is 2.30.